The Kier molecular flexibility index (Phi) is 5.62. The van der Waals surface area contributed by atoms with Crippen molar-refractivity contribution in [2.75, 3.05) is 33.8 Å². The van der Waals surface area contributed by atoms with Gasteiger partial charge in [-0.15, -0.1) is 0 Å². The van der Waals surface area contributed by atoms with Crippen LogP contribution in [0.1, 0.15) is 18.9 Å². The van der Waals surface area contributed by atoms with Gasteiger partial charge in [0.25, 0.3) is 0 Å². The fourth-order valence-corrected chi connectivity index (χ4v) is 2.07. The highest BCUT2D eigenvalue weighted by atomic mass is 16.3. The van der Waals surface area contributed by atoms with Crippen LogP contribution in [0.3, 0.4) is 0 Å². The first-order chi connectivity index (χ1) is 8.14. The van der Waals surface area contributed by atoms with E-state index < -0.39 is 0 Å². The fourth-order valence-electron chi connectivity index (χ4n) is 2.07. The van der Waals surface area contributed by atoms with Crippen molar-refractivity contribution >= 4 is 0 Å². The van der Waals surface area contributed by atoms with Gasteiger partial charge in [-0.05, 0) is 39.2 Å². The van der Waals surface area contributed by atoms with Gasteiger partial charge in [0.2, 0.25) is 0 Å². The summed E-state index contributed by atoms with van der Waals surface area (Å²) in [5, 5.41) is 13.2. The molecule has 0 aliphatic heterocycles. The molecule has 17 heavy (non-hydrogen) atoms. The topological polar surface area (TPSA) is 35.5 Å². The number of nitrogens with one attached hydrogen (secondary N) is 1. The third-order valence-corrected chi connectivity index (χ3v) is 3.10. The van der Waals surface area contributed by atoms with E-state index in [0.717, 1.165) is 25.1 Å². The van der Waals surface area contributed by atoms with Crippen LogP contribution in [0.5, 0.6) is 0 Å². The summed E-state index contributed by atoms with van der Waals surface area (Å²) >= 11 is 0. The maximum Gasteiger partial charge on any atom is 0.0681 e. The van der Waals surface area contributed by atoms with E-state index >= 15 is 0 Å². The van der Waals surface area contributed by atoms with Crippen LogP contribution in [0.4, 0.5) is 0 Å². The van der Waals surface area contributed by atoms with Crippen molar-refractivity contribution in [3.8, 4) is 0 Å². The Bertz CT molecular complexity index is 313. The Morgan fingerprint density at radius 2 is 1.88 bits per heavy atom. The molecule has 2 N–H and O–H groups in total. The highest BCUT2D eigenvalue weighted by Crippen LogP contribution is 2.24. The second kappa shape index (κ2) is 6.74. The van der Waals surface area contributed by atoms with Crippen LogP contribution in [0.15, 0.2) is 30.3 Å². The lowest BCUT2D eigenvalue weighted by Gasteiger charge is -2.34. The molecule has 1 atom stereocenters. The third kappa shape index (κ3) is 3.80. The van der Waals surface area contributed by atoms with Crippen molar-refractivity contribution < 1.29 is 5.11 Å². The van der Waals surface area contributed by atoms with Crippen LogP contribution in [-0.2, 0) is 5.54 Å². The molecule has 1 aromatic carbocycles. The number of hydrogen-bond donors (Lipinski definition) is 2. The Hall–Kier alpha value is -0.900. The first-order valence-electron chi connectivity index (χ1n) is 6.21. The highest BCUT2D eigenvalue weighted by molar-refractivity contribution is 5.24. The number of aliphatic hydroxyl groups is 1. The van der Waals surface area contributed by atoms with Crippen LogP contribution in [0, 0.1) is 0 Å². The van der Waals surface area contributed by atoms with Gasteiger partial charge in [0.05, 0.1) is 12.1 Å². The molecule has 0 radical (unpaired) electrons. The predicted octanol–water partition coefficient (Wildman–Crippen LogP) is 1.44. The minimum absolute atomic E-state index is 0.124. The Balaban J connectivity index is 2.91. The molecule has 0 amide bonds. The molecule has 1 unspecified atom stereocenters. The van der Waals surface area contributed by atoms with Crippen LogP contribution >= 0.6 is 0 Å². The number of aliphatic hydroxyl groups excluding tert-OH is 1. The lowest BCUT2D eigenvalue weighted by molar-refractivity contribution is 0.142. The van der Waals surface area contributed by atoms with Crippen molar-refractivity contribution in [3.63, 3.8) is 0 Å². The van der Waals surface area contributed by atoms with Gasteiger partial charge in [-0.25, -0.2) is 0 Å². The third-order valence-electron chi connectivity index (χ3n) is 3.10. The van der Waals surface area contributed by atoms with Crippen LogP contribution in [-0.4, -0.2) is 43.8 Å². The summed E-state index contributed by atoms with van der Waals surface area (Å²) in [6.45, 7) is 3.99. The largest absolute Gasteiger partial charge is 0.394 e. The van der Waals surface area contributed by atoms with E-state index in [2.05, 4.69) is 43.4 Å². The summed E-state index contributed by atoms with van der Waals surface area (Å²) < 4.78 is 0. The minimum atomic E-state index is -0.319. The van der Waals surface area contributed by atoms with E-state index in [0.29, 0.717) is 0 Å². The van der Waals surface area contributed by atoms with Gasteiger partial charge in [0.15, 0.2) is 0 Å². The van der Waals surface area contributed by atoms with E-state index in [1.165, 1.54) is 0 Å². The number of rotatable bonds is 7. The van der Waals surface area contributed by atoms with Gasteiger partial charge >= 0.3 is 0 Å². The van der Waals surface area contributed by atoms with Crippen LogP contribution in [0.2, 0.25) is 0 Å². The molecular formula is C14H24N2O. The molecule has 0 spiro atoms. The van der Waals surface area contributed by atoms with Gasteiger partial charge in [-0.2, -0.15) is 0 Å². The van der Waals surface area contributed by atoms with E-state index in [1.807, 2.05) is 18.2 Å². The molecular weight excluding hydrogens is 212 g/mol. The lowest BCUT2D eigenvalue weighted by atomic mass is 9.87. The van der Waals surface area contributed by atoms with Gasteiger partial charge < -0.3 is 15.3 Å². The van der Waals surface area contributed by atoms with Crippen molar-refractivity contribution in [3.05, 3.63) is 35.9 Å². The zero-order valence-electron chi connectivity index (χ0n) is 11.1. The van der Waals surface area contributed by atoms with E-state index in [-0.39, 0.29) is 12.1 Å². The van der Waals surface area contributed by atoms with Gasteiger partial charge in [-0.1, -0.05) is 37.3 Å². The smallest absolute Gasteiger partial charge is 0.0681 e. The van der Waals surface area contributed by atoms with Crippen molar-refractivity contribution in [2.24, 2.45) is 0 Å². The Labute approximate surface area is 104 Å². The molecule has 0 saturated carbocycles. The summed E-state index contributed by atoms with van der Waals surface area (Å²) in [5.41, 5.74) is 0.839. The highest BCUT2D eigenvalue weighted by Gasteiger charge is 2.29. The monoisotopic (exact) mass is 236 g/mol. The molecule has 0 fully saturated rings. The minimum Gasteiger partial charge on any atom is -0.394 e. The van der Waals surface area contributed by atoms with E-state index in [9.17, 15) is 5.11 Å². The quantitative estimate of drug-likeness (QED) is 0.752. The molecule has 0 aliphatic rings. The average molecular weight is 236 g/mol. The molecule has 3 nitrogen and oxygen atoms in total. The zero-order valence-corrected chi connectivity index (χ0v) is 11.1. The molecule has 0 aliphatic carbocycles. The number of likely N-dealkylation sites (N-methyl/N-ethyl adjacent to an activating group) is 1. The molecule has 3 heteroatoms. The number of benzene rings is 1. The first-order valence-corrected chi connectivity index (χ1v) is 6.21. The normalized spacial score (nSPS) is 14.9. The molecule has 0 saturated heterocycles. The Morgan fingerprint density at radius 1 is 1.24 bits per heavy atom. The van der Waals surface area contributed by atoms with Crippen LogP contribution < -0.4 is 5.32 Å². The summed E-state index contributed by atoms with van der Waals surface area (Å²) in [7, 11) is 4.11. The molecule has 1 aromatic rings. The Morgan fingerprint density at radius 3 is 2.35 bits per heavy atom. The average Bonchev–Trinajstić information content (AvgIpc) is 2.35. The van der Waals surface area contributed by atoms with E-state index in [4.69, 9.17) is 0 Å². The number of nitrogens with zero attached hydrogens (tertiary/aromatic N) is 1. The van der Waals surface area contributed by atoms with Gasteiger partial charge in [0.1, 0.15) is 0 Å². The standard InChI is InChI=1S/C14H24N2O/c1-4-15-14(12-17,10-11-16(2)3)13-8-6-5-7-9-13/h5-9,15,17H,4,10-12H2,1-3H3. The first kappa shape index (κ1) is 14.2. The van der Waals surface area contributed by atoms with Crippen molar-refractivity contribution in [2.45, 2.75) is 18.9 Å². The second-order valence-electron chi connectivity index (χ2n) is 4.69. The lowest BCUT2D eigenvalue weighted by Crippen LogP contribution is -2.47. The second-order valence-corrected chi connectivity index (χ2v) is 4.69. The van der Waals surface area contributed by atoms with Crippen LogP contribution in [0.25, 0.3) is 0 Å². The fraction of sp³-hybridized carbons (Fsp3) is 0.571. The molecule has 0 heterocycles. The molecule has 0 aromatic heterocycles. The van der Waals surface area contributed by atoms with Gasteiger partial charge in [-0.3, -0.25) is 0 Å². The maximum absolute atomic E-state index is 9.79. The summed E-state index contributed by atoms with van der Waals surface area (Å²) in [4.78, 5) is 2.14. The predicted molar refractivity (Wildman–Crippen MR) is 72.1 cm³/mol. The molecule has 1 rings (SSSR count). The van der Waals surface area contributed by atoms with Crippen molar-refractivity contribution in [1.82, 2.24) is 10.2 Å². The summed E-state index contributed by atoms with van der Waals surface area (Å²) in [6.07, 6.45) is 0.897. The zero-order chi connectivity index (χ0) is 12.7. The van der Waals surface area contributed by atoms with Gasteiger partial charge in [0, 0.05) is 0 Å². The maximum atomic E-state index is 9.79. The molecule has 0 bridgehead atoms. The van der Waals surface area contributed by atoms with E-state index in [1.54, 1.807) is 0 Å². The summed E-state index contributed by atoms with van der Waals surface area (Å²) in [5.74, 6) is 0. The summed E-state index contributed by atoms with van der Waals surface area (Å²) in [6, 6.07) is 10.2. The number of hydrogen-bond acceptors (Lipinski definition) is 3. The molecule has 96 valence electrons. The van der Waals surface area contributed by atoms with Crippen molar-refractivity contribution in [1.29, 1.82) is 0 Å². The SMILES string of the molecule is CCNC(CO)(CCN(C)C)c1ccccc1.